The van der Waals surface area contributed by atoms with E-state index in [-0.39, 0.29) is 22.4 Å². The zero-order valence-corrected chi connectivity index (χ0v) is 33.5. The number of ether oxygens (including phenoxy) is 1. The van der Waals surface area contributed by atoms with Gasteiger partial charge in [0.1, 0.15) is 18.2 Å². The van der Waals surface area contributed by atoms with Crippen LogP contribution in [0.4, 0.5) is 4.39 Å². The summed E-state index contributed by atoms with van der Waals surface area (Å²) in [5.41, 5.74) is 11.5. The van der Waals surface area contributed by atoms with Crippen LogP contribution in [0.1, 0.15) is 51.6 Å². The fourth-order valence-corrected chi connectivity index (χ4v) is 7.75. The van der Waals surface area contributed by atoms with Crippen LogP contribution < -0.4 is 10.5 Å². The number of rotatable bonds is 13. The number of fused-ring (bicyclic) bond motifs is 2. The normalized spacial score (nSPS) is 12.1. The molecule has 0 aliphatic rings. The van der Waals surface area contributed by atoms with Crippen LogP contribution in [0.15, 0.2) is 102 Å². The van der Waals surface area contributed by atoms with Crippen molar-refractivity contribution in [3.8, 4) is 17.0 Å². The molecule has 11 heteroatoms. The lowest BCUT2D eigenvalue weighted by molar-refractivity contribution is -0.136. The maximum atomic E-state index is 14.3. The first-order chi connectivity index (χ1) is 26.1. The number of thioether (sulfide) groups is 1. The van der Waals surface area contributed by atoms with Gasteiger partial charge in [0.15, 0.2) is 5.96 Å². The van der Waals surface area contributed by atoms with Crippen molar-refractivity contribution in [3.63, 3.8) is 0 Å². The molecule has 0 atom stereocenters. The molecule has 0 spiro atoms. The summed E-state index contributed by atoms with van der Waals surface area (Å²) in [7, 11) is 3.86. The second-order valence-electron chi connectivity index (χ2n) is 15.8. The number of pyridine rings is 2. The van der Waals surface area contributed by atoms with Gasteiger partial charge in [-0.25, -0.2) is 9.37 Å². The summed E-state index contributed by atoms with van der Waals surface area (Å²) in [6.07, 6.45) is 1.63. The zero-order chi connectivity index (χ0) is 39.5. The fraction of sp³-hybridized carbons (Fsp3) is 0.318. The minimum atomic E-state index is -0.906. The van der Waals surface area contributed by atoms with E-state index in [1.54, 1.807) is 17.8 Å². The van der Waals surface area contributed by atoms with Crippen LogP contribution in [-0.4, -0.2) is 68.1 Å². The van der Waals surface area contributed by atoms with E-state index >= 15 is 0 Å². The van der Waals surface area contributed by atoms with Crippen LogP contribution in [0.3, 0.4) is 0 Å². The fourth-order valence-electron chi connectivity index (χ4n) is 6.57. The van der Waals surface area contributed by atoms with Gasteiger partial charge in [0.25, 0.3) is 0 Å². The molecule has 3 aromatic carbocycles. The van der Waals surface area contributed by atoms with E-state index in [0.29, 0.717) is 38.4 Å². The van der Waals surface area contributed by atoms with Gasteiger partial charge in [0, 0.05) is 68.7 Å². The Bertz CT molecular complexity index is 2310. The summed E-state index contributed by atoms with van der Waals surface area (Å²) in [5.74, 6) is -0.114. The molecule has 3 N–H and O–H groups in total. The molecule has 6 aromatic rings. The number of benzene rings is 3. The molecule has 3 heterocycles. The van der Waals surface area contributed by atoms with E-state index in [1.165, 1.54) is 17.2 Å². The van der Waals surface area contributed by atoms with E-state index in [9.17, 15) is 9.18 Å². The quantitative estimate of drug-likeness (QED) is 0.0688. The highest BCUT2D eigenvalue weighted by atomic mass is 32.2. The number of hydrogen-bond donors (Lipinski definition) is 2. The molecule has 0 aliphatic heterocycles. The summed E-state index contributed by atoms with van der Waals surface area (Å²) in [4.78, 5) is 27.8. The molecule has 286 valence electrons. The summed E-state index contributed by atoms with van der Waals surface area (Å²) in [6, 6.07) is 29.5. The van der Waals surface area contributed by atoms with Crippen molar-refractivity contribution >= 4 is 45.4 Å². The predicted octanol–water partition coefficient (Wildman–Crippen LogP) is 8.76. The van der Waals surface area contributed by atoms with Gasteiger partial charge < -0.3 is 19.9 Å². The molecule has 9 nitrogen and oxygen atoms in total. The lowest BCUT2D eigenvalue weighted by atomic mass is 9.85. The summed E-state index contributed by atoms with van der Waals surface area (Å²) in [5, 5.41) is 10.4. The number of carbonyl (C=O) groups is 1. The Morgan fingerprint density at radius 3 is 2.36 bits per heavy atom. The van der Waals surface area contributed by atoms with Crippen molar-refractivity contribution < 1.29 is 13.9 Å². The Labute approximate surface area is 327 Å². The summed E-state index contributed by atoms with van der Waals surface area (Å²) < 4.78 is 22.1. The van der Waals surface area contributed by atoms with E-state index in [0.717, 1.165) is 55.0 Å². The van der Waals surface area contributed by atoms with Crippen LogP contribution >= 0.6 is 11.8 Å². The van der Waals surface area contributed by atoms with E-state index < -0.39 is 5.41 Å². The molecule has 1 amide bonds. The first kappa shape index (κ1) is 39.4. The van der Waals surface area contributed by atoms with Gasteiger partial charge in [-0.3, -0.25) is 20.1 Å². The van der Waals surface area contributed by atoms with Crippen molar-refractivity contribution in [2.24, 2.45) is 11.1 Å². The third-order valence-corrected chi connectivity index (χ3v) is 10.6. The minimum absolute atomic E-state index is 0.158. The number of para-hydroxylation sites is 1. The molecule has 3 aromatic heterocycles. The highest BCUT2D eigenvalue weighted by Crippen LogP contribution is 2.44. The van der Waals surface area contributed by atoms with E-state index in [4.69, 9.17) is 20.9 Å². The predicted molar refractivity (Wildman–Crippen MR) is 222 cm³/mol. The molecule has 0 saturated carbocycles. The molecule has 0 unspecified atom stereocenters. The number of nitrogens with one attached hydrogen (secondary N) is 1. The first-order valence-electron chi connectivity index (χ1n) is 18.4. The number of halogens is 1. The summed E-state index contributed by atoms with van der Waals surface area (Å²) in [6.45, 7) is 12.2. The maximum Gasteiger partial charge on any atom is 0.235 e. The topological polar surface area (TPSA) is 113 Å². The first-order valence-corrected chi connectivity index (χ1v) is 19.2. The monoisotopic (exact) mass is 759 g/mol. The Hall–Kier alpha value is -5.26. The average molecular weight is 760 g/mol. The van der Waals surface area contributed by atoms with Crippen molar-refractivity contribution in [3.05, 3.63) is 120 Å². The standard InChI is InChI=1S/C44H50FN7O2S/c1-43(2,3)55-40-35-24-34(54-28-33-18-16-30-10-8-9-11-37(30)49-33)19-21-38(35)52(27-29-12-14-31(15-13-29)36-20-17-32(45)26-48-36)39(40)25-44(4,5)41(53)51(42(46)47)23-22-50(6)7/h8-21,24,26H,22-23,25,27-28H2,1-7H3,(H3,46,47). The summed E-state index contributed by atoms with van der Waals surface area (Å²) >= 11 is 1.77. The Balaban J connectivity index is 1.42. The van der Waals surface area contributed by atoms with E-state index in [1.807, 2.05) is 81.4 Å². The highest BCUT2D eigenvalue weighted by molar-refractivity contribution is 8.00. The lowest BCUT2D eigenvalue weighted by Crippen LogP contribution is -2.50. The van der Waals surface area contributed by atoms with Gasteiger partial charge in [0.05, 0.1) is 23.1 Å². The van der Waals surface area contributed by atoms with Gasteiger partial charge in [-0.1, -0.05) is 83.1 Å². The maximum absolute atomic E-state index is 14.3. The molecule has 55 heavy (non-hydrogen) atoms. The van der Waals surface area contributed by atoms with Gasteiger partial charge in [-0.15, -0.1) is 11.8 Å². The lowest BCUT2D eigenvalue weighted by Gasteiger charge is -2.32. The average Bonchev–Trinajstić information content (AvgIpc) is 3.39. The second-order valence-corrected chi connectivity index (χ2v) is 17.6. The Kier molecular flexibility index (Phi) is 11.6. The van der Waals surface area contributed by atoms with Crippen molar-refractivity contribution in [2.75, 3.05) is 27.2 Å². The zero-order valence-electron chi connectivity index (χ0n) is 32.7. The third-order valence-electron chi connectivity index (χ3n) is 9.36. The van der Waals surface area contributed by atoms with Gasteiger partial charge in [-0.2, -0.15) is 0 Å². The molecule has 0 radical (unpaired) electrons. The number of amides is 1. The van der Waals surface area contributed by atoms with Crippen molar-refractivity contribution in [2.45, 2.75) is 63.8 Å². The van der Waals surface area contributed by atoms with Crippen molar-refractivity contribution in [1.29, 1.82) is 5.41 Å². The van der Waals surface area contributed by atoms with Gasteiger partial charge in [0.2, 0.25) is 5.91 Å². The largest absolute Gasteiger partial charge is 0.487 e. The molecular weight excluding hydrogens is 710 g/mol. The smallest absolute Gasteiger partial charge is 0.235 e. The molecule has 0 aliphatic carbocycles. The SMILES string of the molecule is CN(C)CCN(C(=N)N)C(=O)C(C)(C)Cc1c(SC(C)(C)C)c2cc(OCc3ccc4ccccc4n3)ccc2n1Cc1ccc(-c2ccc(F)cn2)cc1. The second kappa shape index (κ2) is 16.2. The number of carbonyl (C=O) groups excluding carboxylic acids is 1. The van der Waals surface area contributed by atoms with Crippen LogP contribution in [0.5, 0.6) is 5.75 Å². The molecule has 0 bridgehead atoms. The van der Waals surface area contributed by atoms with Gasteiger partial charge in [-0.05, 0) is 62.1 Å². The molecule has 0 saturated heterocycles. The van der Waals surface area contributed by atoms with Crippen LogP contribution in [-0.2, 0) is 24.4 Å². The van der Waals surface area contributed by atoms with Crippen LogP contribution in [0.2, 0.25) is 0 Å². The van der Waals surface area contributed by atoms with Gasteiger partial charge >= 0.3 is 0 Å². The highest BCUT2D eigenvalue weighted by Gasteiger charge is 2.36. The molecule has 0 fully saturated rings. The number of guanidine groups is 1. The van der Waals surface area contributed by atoms with Crippen LogP contribution in [0.25, 0.3) is 33.1 Å². The number of aromatic nitrogens is 3. The number of nitrogens with two attached hydrogens (primary N) is 1. The Morgan fingerprint density at radius 1 is 0.945 bits per heavy atom. The molecular formula is C44H50FN7O2S. The van der Waals surface area contributed by atoms with Crippen molar-refractivity contribution in [1.82, 2.24) is 24.3 Å². The Morgan fingerprint density at radius 2 is 1.69 bits per heavy atom. The molecule has 6 rings (SSSR count). The number of hydrogen-bond acceptors (Lipinski definition) is 7. The van der Waals surface area contributed by atoms with Crippen LogP contribution in [0, 0.1) is 16.6 Å². The van der Waals surface area contributed by atoms with E-state index in [2.05, 4.69) is 60.7 Å². The number of nitrogens with zero attached hydrogens (tertiary/aromatic N) is 5. The minimum Gasteiger partial charge on any atom is -0.487 e. The third kappa shape index (κ3) is 9.52. The number of likely N-dealkylation sites (N-methyl/N-ethyl adjacent to an activating group) is 1.